The van der Waals surface area contributed by atoms with E-state index in [0.717, 1.165) is 186 Å². The first kappa shape index (κ1) is 113. The van der Waals surface area contributed by atoms with E-state index < -0.39 is 48.8 Å². The fourth-order valence-corrected chi connectivity index (χ4v) is 19.7. The van der Waals surface area contributed by atoms with Gasteiger partial charge in [-0.1, -0.05) is 270 Å². The molecule has 6 aliphatic heterocycles. The van der Waals surface area contributed by atoms with Gasteiger partial charge in [0.15, 0.2) is 0 Å². The predicted molar refractivity (Wildman–Crippen MR) is 493 cm³/mol. The maximum Gasteiger partial charge on any atom is 2.00 e. The molecule has 123 heavy (non-hydrogen) atoms. The Labute approximate surface area is 776 Å². The van der Waals surface area contributed by atoms with Gasteiger partial charge in [-0.25, -0.2) is 0 Å². The molecule has 3 aromatic carbocycles. The van der Waals surface area contributed by atoms with Gasteiger partial charge in [0.25, 0.3) is 0 Å². The molecule has 710 valence electrons. The first-order chi connectivity index (χ1) is 58.6. The molecule has 12 unspecified atom stereocenters. The second-order valence-electron chi connectivity index (χ2n) is 37.2. The zero-order chi connectivity index (χ0) is 85.3. The average molecular weight is 1850 g/mol. The van der Waals surface area contributed by atoms with Crippen LogP contribution in [0.2, 0.25) is 0 Å². The molecule has 15 rings (SSSR count). The molecule has 3 aromatic rings. The Morgan fingerprint density at radius 3 is 0.545 bits per heavy atom. The minimum absolute atomic E-state index is 0. The Morgan fingerprint density at radius 2 is 0.398 bits per heavy atom. The SMILES string of the molecule is C1=CC[N-]C=C1.C1CC[N-]CC1.C1CC[N-]CC1.C1CC[N-]CC1.C1CC[N-]CC1.C1CC[N-]CC1.OC(CC(O)C1CCC(C(O)CC(O)C2CCCCC2)CC1)C1CCCCC1.OC(CC(O)C1CCC(C(O)CC(O)C2CCCCC2)CC1)C1CCCCC1.OC(CC(O)c1ccc(C(O)CC(O)c2ccccc2)cc1)c1ccccc1.[Ni+2].[Ni+2].[Ni+2]. The molecule has 0 radical (unpaired) electrons. The number of nitrogens with zero attached hydrogens (tertiary/aromatic N) is 6. The topological polar surface area (TPSA) is 327 Å². The van der Waals surface area contributed by atoms with Crippen molar-refractivity contribution in [2.24, 2.45) is 47.3 Å². The first-order valence-electron chi connectivity index (χ1n) is 49.1. The van der Waals surface area contributed by atoms with Crippen LogP contribution in [0, 0.1) is 47.3 Å². The zero-order valence-corrected chi connectivity index (χ0v) is 78.3. The van der Waals surface area contributed by atoms with Crippen molar-refractivity contribution in [3.8, 4) is 0 Å². The second kappa shape index (κ2) is 71.4. The number of benzene rings is 3. The Kier molecular flexibility index (Phi) is 65.7. The molecule has 6 saturated carbocycles. The monoisotopic (exact) mass is 1850 g/mol. The van der Waals surface area contributed by atoms with Gasteiger partial charge in [0, 0.05) is 12.8 Å². The van der Waals surface area contributed by atoms with Gasteiger partial charge < -0.3 is 93.2 Å². The largest absolute Gasteiger partial charge is 2.00 e. The summed E-state index contributed by atoms with van der Waals surface area (Å²) < 4.78 is 0. The van der Waals surface area contributed by atoms with Crippen molar-refractivity contribution in [1.29, 1.82) is 0 Å². The summed E-state index contributed by atoms with van der Waals surface area (Å²) in [6.45, 7) is 12.1. The molecule has 12 N–H and O–H groups in total. The van der Waals surface area contributed by atoms with Gasteiger partial charge in [-0.2, -0.15) is 6.20 Å². The van der Waals surface area contributed by atoms with E-state index in [2.05, 4.69) is 31.9 Å². The van der Waals surface area contributed by atoms with Gasteiger partial charge in [-0.05, 0) is 198 Å². The van der Waals surface area contributed by atoms with Crippen LogP contribution in [0.3, 0.4) is 0 Å². The molecular weight excluding hydrogens is 1680 g/mol. The van der Waals surface area contributed by atoms with Gasteiger partial charge in [0.1, 0.15) is 0 Å². The van der Waals surface area contributed by atoms with Crippen molar-refractivity contribution >= 4 is 0 Å². The number of allylic oxidation sites excluding steroid dienone is 2. The van der Waals surface area contributed by atoms with Crippen LogP contribution in [0.25, 0.3) is 31.9 Å². The number of rotatable bonds is 24. The Bertz CT molecular complexity index is 2550. The molecule has 0 bridgehead atoms. The molecule has 0 aromatic heterocycles. The van der Waals surface area contributed by atoms with Gasteiger partial charge in [-0.15, -0.1) is 78.1 Å². The van der Waals surface area contributed by atoms with E-state index in [9.17, 15) is 61.3 Å². The summed E-state index contributed by atoms with van der Waals surface area (Å²) in [5.41, 5.74) is 2.89. The number of aliphatic hydroxyl groups is 12. The molecule has 0 amide bonds. The first-order valence-corrected chi connectivity index (χ1v) is 49.1. The standard InChI is InChI=1S/2C24H44O4.C24H26O4.5C5H10N.C5H6N.3Ni/c3*25-21(17-7-3-1-4-8-17)15-23(27)19-11-13-20(14-12-19)24(28)16-22(26)18-9-5-2-6-10-18;6*1-2-4-6-5-3-1;;;/h2*17-28H,1-16H2;1-14,21-28H,15-16H2;5*1-5H2;1-4H,5H2;;;/q;;;6*-1;3*+2. The maximum atomic E-state index is 10.7. The van der Waals surface area contributed by atoms with Crippen LogP contribution >= 0.6 is 0 Å². The van der Waals surface area contributed by atoms with Crippen molar-refractivity contribution in [3.05, 3.63) is 164 Å². The Morgan fingerprint density at radius 1 is 0.211 bits per heavy atom. The van der Waals surface area contributed by atoms with Gasteiger partial charge in [0.2, 0.25) is 0 Å². The van der Waals surface area contributed by atoms with Crippen LogP contribution in [0.15, 0.2) is 109 Å². The van der Waals surface area contributed by atoms with Crippen LogP contribution in [-0.2, 0) is 49.5 Å². The maximum absolute atomic E-state index is 10.7. The van der Waals surface area contributed by atoms with E-state index in [1.807, 2.05) is 78.9 Å². The van der Waals surface area contributed by atoms with E-state index in [-0.39, 0.29) is 110 Å². The molecule has 5 saturated heterocycles. The molecule has 12 aliphatic rings. The van der Waals surface area contributed by atoms with E-state index in [0.29, 0.717) is 60.5 Å². The third-order valence-electron chi connectivity index (χ3n) is 27.8. The number of aliphatic hydroxyl groups excluding tert-OH is 12. The van der Waals surface area contributed by atoms with Crippen molar-refractivity contribution < 1.29 is 111 Å². The van der Waals surface area contributed by atoms with Crippen molar-refractivity contribution in [3.63, 3.8) is 0 Å². The summed E-state index contributed by atoms with van der Waals surface area (Å²) in [7, 11) is 0. The fraction of sp³-hybridized carbons (Fsp3) is 0.784. The summed E-state index contributed by atoms with van der Waals surface area (Å²) in [4.78, 5) is 0. The predicted octanol–water partition coefficient (Wildman–Crippen LogP) is 21.5. The molecule has 21 heteroatoms. The Balaban J connectivity index is 0.000000316. The Hall–Kier alpha value is -2.26. The number of piperidine rings is 5. The molecule has 6 aliphatic carbocycles. The van der Waals surface area contributed by atoms with Crippen LogP contribution in [0.1, 0.15) is 361 Å². The van der Waals surface area contributed by atoms with Crippen molar-refractivity contribution in [1.82, 2.24) is 0 Å². The second-order valence-corrected chi connectivity index (χ2v) is 37.2. The summed E-state index contributed by atoms with van der Waals surface area (Å²) in [5.74, 6) is 2.53. The smallest absolute Gasteiger partial charge is 0.687 e. The molecule has 0 spiro atoms. The van der Waals surface area contributed by atoms with E-state index in [1.165, 1.54) is 173 Å². The molecular formula is C102H170N6Ni3O12. The van der Waals surface area contributed by atoms with Crippen LogP contribution in [-0.4, -0.2) is 182 Å². The molecule has 11 fully saturated rings. The van der Waals surface area contributed by atoms with Crippen LogP contribution in [0.4, 0.5) is 0 Å². The average Bonchev–Trinajstić information content (AvgIpc) is 0.852. The van der Waals surface area contributed by atoms with E-state index in [1.54, 1.807) is 30.5 Å². The van der Waals surface area contributed by atoms with Crippen LogP contribution in [0.5, 0.6) is 0 Å². The summed E-state index contributed by atoms with van der Waals surface area (Å²) in [5, 5.41) is 151. The van der Waals surface area contributed by atoms with Crippen molar-refractivity contribution in [2.75, 3.05) is 72.0 Å². The number of hydrogen-bond acceptors (Lipinski definition) is 12. The van der Waals surface area contributed by atoms with E-state index in [4.69, 9.17) is 0 Å². The minimum atomic E-state index is -0.809. The van der Waals surface area contributed by atoms with Gasteiger partial charge in [0.05, 0.1) is 73.2 Å². The number of hydrogen-bond donors (Lipinski definition) is 12. The third kappa shape index (κ3) is 49.2. The summed E-state index contributed by atoms with van der Waals surface area (Å²) in [6.07, 6.45) is 55.5. The van der Waals surface area contributed by atoms with Crippen LogP contribution < -0.4 is 0 Å². The normalized spacial score (nSPS) is 25.1. The fourth-order valence-electron chi connectivity index (χ4n) is 19.7. The van der Waals surface area contributed by atoms with E-state index >= 15 is 0 Å². The van der Waals surface area contributed by atoms with Crippen molar-refractivity contribution in [2.45, 2.75) is 388 Å². The molecule has 18 nitrogen and oxygen atoms in total. The van der Waals surface area contributed by atoms with Gasteiger partial charge in [-0.3, -0.25) is 0 Å². The minimum Gasteiger partial charge on any atom is -0.687 e. The quantitative estimate of drug-likeness (QED) is 0.0373. The zero-order valence-electron chi connectivity index (χ0n) is 75.4. The third-order valence-corrected chi connectivity index (χ3v) is 27.8. The summed E-state index contributed by atoms with van der Waals surface area (Å²) >= 11 is 0. The molecule has 12 atom stereocenters. The van der Waals surface area contributed by atoms with Gasteiger partial charge >= 0.3 is 49.5 Å². The summed E-state index contributed by atoms with van der Waals surface area (Å²) in [6, 6.07) is 25.5. The molecule has 6 heterocycles.